The number of rotatable bonds is 4. The summed E-state index contributed by atoms with van der Waals surface area (Å²) in [6.07, 6.45) is 1.22. The molecule has 0 atom stereocenters. The molecule has 1 aromatic carbocycles. The average Bonchev–Trinajstić information content (AvgIpc) is 2.48. The molecule has 2 aromatic rings. The first-order valence-electron chi connectivity index (χ1n) is 6.17. The fourth-order valence-corrected chi connectivity index (χ4v) is 2.64. The van der Waals surface area contributed by atoms with E-state index in [4.69, 9.17) is 5.11 Å². The first-order chi connectivity index (χ1) is 10.4. The van der Waals surface area contributed by atoms with Crippen LogP contribution in [0.4, 0.5) is 5.69 Å². The molecule has 0 saturated carbocycles. The van der Waals surface area contributed by atoms with E-state index in [2.05, 4.69) is 21.5 Å². The zero-order valence-corrected chi connectivity index (χ0v) is 12.4. The van der Waals surface area contributed by atoms with Gasteiger partial charge in [-0.1, -0.05) is 5.92 Å². The normalized spacial score (nSPS) is 10.4. The first kappa shape index (κ1) is 15.5. The quantitative estimate of drug-likeness (QED) is 0.840. The number of carboxylic acid groups (broad SMARTS) is 1. The number of hydrogen-bond donors (Lipinski definition) is 2. The van der Waals surface area contributed by atoms with Crippen LogP contribution in [0.3, 0.4) is 0 Å². The summed E-state index contributed by atoms with van der Waals surface area (Å²) in [4.78, 5) is 14.7. The minimum atomic E-state index is -3.79. The molecule has 7 heteroatoms. The van der Waals surface area contributed by atoms with Crippen LogP contribution in [0, 0.1) is 11.8 Å². The van der Waals surface area contributed by atoms with Crippen molar-refractivity contribution in [2.24, 2.45) is 0 Å². The van der Waals surface area contributed by atoms with E-state index in [1.807, 2.05) is 0 Å². The van der Waals surface area contributed by atoms with Crippen LogP contribution in [0.1, 0.15) is 23.0 Å². The third-order valence-electron chi connectivity index (χ3n) is 2.68. The van der Waals surface area contributed by atoms with Crippen molar-refractivity contribution in [1.82, 2.24) is 4.98 Å². The Morgan fingerprint density at radius 2 is 1.86 bits per heavy atom. The number of anilines is 1. The van der Waals surface area contributed by atoms with E-state index in [0.717, 1.165) is 0 Å². The number of nitrogens with zero attached hydrogens (tertiary/aromatic N) is 1. The van der Waals surface area contributed by atoms with Crippen molar-refractivity contribution in [3.63, 3.8) is 0 Å². The van der Waals surface area contributed by atoms with Crippen molar-refractivity contribution < 1.29 is 18.3 Å². The number of benzene rings is 1. The number of nitrogens with one attached hydrogen (secondary N) is 1. The summed E-state index contributed by atoms with van der Waals surface area (Å²) in [6.45, 7) is 1.66. The van der Waals surface area contributed by atoms with E-state index < -0.39 is 16.0 Å². The molecule has 0 amide bonds. The zero-order chi connectivity index (χ0) is 16.2. The van der Waals surface area contributed by atoms with Crippen LogP contribution in [0.15, 0.2) is 47.5 Å². The van der Waals surface area contributed by atoms with Gasteiger partial charge in [-0.05, 0) is 49.2 Å². The Hall–Kier alpha value is -2.85. The van der Waals surface area contributed by atoms with E-state index in [9.17, 15) is 13.2 Å². The molecule has 0 aliphatic carbocycles. The summed E-state index contributed by atoms with van der Waals surface area (Å²) in [5.74, 6) is 4.31. The highest BCUT2D eigenvalue weighted by Crippen LogP contribution is 2.16. The molecule has 0 aliphatic heterocycles. The Morgan fingerprint density at radius 3 is 2.36 bits per heavy atom. The van der Waals surface area contributed by atoms with Crippen molar-refractivity contribution in [1.29, 1.82) is 0 Å². The van der Waals surface area contributed by atoms with Crippen molar-refractivity contribution in [2.45, 2.75) is 11.8 Å². The maximum absolute atomic E-state index is 12.2. The van der Waals surface area contributed by atoms with Crippen LogP contribution < -0.4 is 4.72 Å². The van der Waals surface area contributed by atoms with Crippen LogP contribution in [0.25, 0.3) is 0 Å². The zero-order valence-electron chi connectivity index (χ0n) is 11.6. The number of carbonyl (C=O) groups is 1. The Bertz CT molecular complexity index is 845. The molecule has 0 bridgehead atoms. The van der Waals surface area contributed by atoms with Crippen LogP contribution in [-0.4, -0.2) is 24.5 Å². The smallest absolute Gasteiger partial charge is 0.335 e. The van der Waals surface area contributed by atoms with Gasteiger partial charge >= 0.3 is 5.97 Å². The van der Waals surface area contributed by atoms with Gasteiger partial charge in [0.15, 0.2) is 0 Å². The van der Waals surface area contributed by atoms with Gasteiger partial charge < -0.3 is 5.11 Å². The number of aromatic nitrogens is 1. The lowest BCUT2D eigenvalue weighted by molar-refractivity contribution is 0.0697. The Balaban J connectivity index is 2.22. The Kier molecular flexibility index (Phi) is 4.44. The van der Waals surface area contributed by atoms with E-state index in [1.165, 1.54) is 42.6 Å². The number of carboxylic acids is 1. The number of aromatic carboxylic acids is 1. The van der Waals surface area contributed by atoms with Crippen LogP contribution in [0.2, 0.25) is 0 Å². The van der Waals surface area contributed by atoms with E-state index in [0.29, 0.717) is 5.69 Å². The Labute approximate surface area is 127 Å². The molecule has 1 aromatic heterocycles. The molecular formula is C15H12N2O4S. The molecule has 1 heterocycles. The summed E-state index contributed by atoms with van der Waals surface area (Å²) in [7, 11) is -3.79. The fourth-order valence-electron chi connectivity index (χ4n) is 1.64. The summed E-state index contributed by atoms with van der Waals surface area (Å²) in [5, 5.41) is 8.80. The maximum atomic E-state index is 12.2. The van der Waals surface area contributed by atoms with Gasteiger partial charge in [0.2, 0.25) is 0 Å². The highest BCUT2D eigenvalue weighted by Gasteiger charge is 2.14. The second-order valence-electron chi connectivity index (χ2n) is 4.24. The molecule has 2 N–H and O–H groups in total. The van der Waals surface area contributed by atoms with Gasteiger partial charge in [0.1, 0.15) is 10.6 Å². The minimum absolute atomic E-state index is 0.00327. The second-order valence-corrected chi connectivity index (χ2v) is 5.92. The lowest BCUT2D eigenvalue weighted by Gasteiger charge is -2.08. The van der Waals surface area contributed by atoms with Gasteiger partial charge in [-0.3, -0.25) is 4.72 Å². The predicted octanol–water partition coefficient (Wildman–Crippen LogP) is 1.95. The largest absolute Gasteiger partial charge is 0.478 e. The monoisotopic (exact) mass is 316 g/mol. The lowest BCUT2D eigenvalue weighted by atomic mass is 10.2. The third kappa shape index (κ3) is 3.62. The van der Waals surface area contributed by atoms with Crippen LogP contribution in [-0.2, 0) is 10.0 Å². The molecule has 112 valence electrons. The summed E-state index contributed by atoms with van der Waals surface area (Å²) in [5.41, 5.74) is 0.821. The fraction of sp³-hybridized carbons (Fsp3) is 0.0667. The number of pyridine rings is 1. The van der Waals surface area contributed by atoms with E-state index in [-0.39, 0.29) is 16.1 Å². The molecule has 6 nitrogen and oxygen atoms in total. The highest BCUT2D eigenvalue weighted by molar-refractivity contribution is 7.92. The van der Waals surface area contributed by atoms with Gasteiger partial charge in [-0.2, -0.15) is 0 Å². The molecule has 0 radical (unpaired) electrons. The van der Waals surface area contributed by atoms with Gasteiger partial charge in [0.05, 0.1) is 5.56 Å². The standard InChI is InChI=1S/C15H12N2O4S/c1-2-3-12-8-9-14(10-16-12)22(20,21)17-13-6-4-11(5-7-13)15(18)19/h4-10,17H,1H3,(H,18,19). The molecule has 2 rings (SSSR count). The topological polar surface area (TPSA) is 96.4 Å². The van der Waals surface area contributed by atoms with Crippen molar-refractivity contribution in [3.05, 3.63) is 53.9 Å². The molecule has 22 heavy (non-hydrogen) atoms. The number of hydrogen-bond acceptors (Lipinski definition) is 4. The molecule has 0 unspecified atom stereocenters. The summed E-state index contributed by atoms with van der Waals surface area (Å²) < 4.78 is 26.7. The predicted molar refractivity (Wildman–Crippen MR) is 81.0 cm³/mol. The first-order valence-corrected chi connectivity index (χ1v) is 7.66. The lowest BCUT2D eigenvalue weighted by Crippen LogP contribution is -2.13. The van der Waals surface area contributed by atoms with Gasteiger partial charge in [0.25, 0.3) is 10.0 Å². The molecule has 0 spiro atoms. The van der Waals surface area contributed by atoms with E-state index in [1.54, 1.807) is 6.92 Å². The van der Waals surface area contributed by atoms with Crippen molar-refractivity contribution in [2.75, 3.05) is 4.72 Å². The third-order valence-corrected chi connectivity index (χ3v) is 4.05. The molecular weight excluding hydrogens is 304 g/mol. The van der Waals surface area contributed by atoms with Crippen molar-refractivity contribution in [3.8, 4) is 11.8 Å². The SMILES string of the molecule is CC#Cc1ccc(S(=O)(=O)Nc2ccc(C(=O)O)cc2)cn1. The average molecular weight is 316 g/mol. The molecule has 0 saturated heterocycles. The van der Waals surface area contributed by atoms with Crippen LogP contribution in [0.5, 0.6) is 0 Å². The minimum Gasteiger partial charge on any atom is -0.478 e. The van der Waals surface area contributed by atoms with Gasteiger partial charge in [-0.25, -0.2) is 18.2 Å². The maximum Gasteiger partial charge on any atom is 0.335 e. The molecule has 0 fully saturated rings. The van der Waals surface area contributed by atoms with E-state index >= 15 is 0 Å². The van der Waals surface area contributed by atoms with Gasteiger partial charge in [0, 0.05) is 11.9 Å². The molecule has 0 aliphatic rings. The van der Waals surface area contributed by atoms with Crippen LogP contribution >= 0.6 is 0 Å². The van der Waals surface area contributed by atoms with Gasteiger partial charge in [-0.15, -0.1) is 0 Å². The summed E-state index contributed by atoms with van der Waals surface area (Å²) >= 11 is 0. The van der Waals surface area contributed by atoms with Crippen molar-refractivity contribution >= 4 is 21.7 Å². The second kappa shape index (κ2) is 6.28. The Morgan fingerprint density at radius 1 is 1.18 bits per heavy atom. The highest BCUT2D eigenvalue weighted by atomic mass is 32.2. The summed E-state index contributed by atoms with van der Waals surface area (Å²) in [6, 6.07) is 8.31. The number of sulfonamides is 1.